The number of carbonyl (C=O) groups is 1. The number of anilines is 1. The van der Waals surface area contributed by atoms with Crippen LogP contribution < -0.4 is 11.1 Å². The van der Waals surface area contributed by atoms with Crippen LogP contribution in [0.4, 0.5) is 5.82 Å². The number of hydrogen-bond donors (Lipinski definition) is 3. The number of H-pyrrole nitrogens is 1. The van der Waals surface area contributed by atoms with Crippen LogP contribution in [0.5, 0.6) is 0 Å². The number of para-hydroxylation sites is 2. The van der Waals surface area contributed by atoms with Gasteiger partial charge in [0.25, 0.3) is 5.91 Å². The zero-order valence-corrected chi connectivity index (χ0v) is 13.3. The molecule has 4 rings (SSSR count). The molecule has 2 aromatic carbocycles. The van der Waals surface area contributed by atoms with Crippen LogP contribution >= 0.6 is 0 Å². The van der Waals surface area contributed by atoms with E-state index < -0.39 is 5.91 Å². The third-order valence-electron chi connectivity index (χ3n) is 4.04. The number of benzene rings is 2. The van der Waals surface area contributed by atoms with Crippen LogP contribution in [0.1, 0.15) is 15.9 Å². The number of amides is 1. The summed E-state index contributed by atoms with van der Waals surface area (Å²) in [7, 11) is 0. The van der Waals surface area contributed by atoms with Crippen LogP contribution in [0, 0.1) is 0 Å². The Morgan fingerprint density at radius 1 is 1.16 bits per heavy atom. The van der Waals surface area contributed by atoms with Gasteiger partial charge in [0.15, 0.2) is 0 Å². The van der Waals surface area contributed by atoms with Gasteiger partial charge in [0.2, 0.25) is 0 Å². The minimum Gasteiger partial charge on any atom is -0.366 e. The van der Waals surface area contributed by atoms with Crippen molar-refractivity contribution in [1.29, 1.82) is 0 Å². The smallest absolute Gasteiger partial charge is 0.254 e. The van der Waals surface area contributed by atoms with Gasteiger partial charge in [-0.25, -0.2) is 4.98 Å². The number of aromatic amines is 1. The Morgan fingerprint density at radius 2 is 1.96 bits per heavy atom. The van der Waals surface area contributed by atoms with E-state index in [0.717, 1.165) is 22.3 Å². The second-order valence-corrected chi connectivity index (χ2v) is 5.65. The van der Waals surface area contributed by atoms with Crippen LogP contribution in [-0.2, 0) is 6.54 Å². The molecular weight excluding hydrogens is 316 g/mol. The van der Waals surface area contributed by atoms with Crippen LogP contribution in [0.15, 0.2) is 61.1 Å². The van der Waals surface area contributed by atoms with Crippen molar-refractivity contribution >= 4 is 22.8 Å². The summed E-state index contributed by atoms with van der Waals surface area (Å²) in [5.74, 6) is 0.00997. The third kappa shape index (κ3) is 2.83. The van der Waals surface area contributed by atoms with Gasteiger partial charge in [-0.3, -0.25) is 14.5 Å². The van der Waals surface area contributed by atoms with Crippen molar-refractivity contribution < 1.29 is 4.79 Å². The van der Waals surface area contributed by atoms with E-state index in [-0.39, 0.29) is 0 Å². The number of fused-ring (bicyclic) bond motifs is 1. The van der Waals surface area contributed by atoms with E-state index in [1.54, 1.807) is 0 Å². The number of rotatable bonds is 5. The lowest BCUT2D eigenvalue weighted by Gasteiger charge is -2.08. The Balaban J connectivity index is 1.52. The Bertz CT molecular complexity index is 1030. The predicted molar refractivity (Wildman–Crippen MR) is 95.5 cm³/mol. The molecule has 0 aliphatic heterocycles. The van der Waals surface area contributed by atoms with E-state index in [1.165, 1.54) is 6.20 Å². The second-order valence-electron chi connectivity index (χ2n) is 5.65. The first-order valence-electron chi connectivity index (χ1n) is 7.81. The van der Waals surface area contributed by atoms with Gasteiger partial charge in [0.1, 0.15) is 17.7 Å². The largest absolute Gasteiger partial charge is 0.366 e. The zero-order valence-electron chi connectivity index (χ0n) is 13.3. The monoisotopic (exact) mass is 332 g/mol. The number of aromatic nitrogens is 4. The Kier molecular flexibility index (Phi) is 3.66. The summed E-state index contributed by atoms with van der Waals surface area (Å²) in [6.45, 7) is 0.549. The van der Waals surface area contributed by atoms with Crippen LogP contribution in [0.2, 0.25) is 0 Å². The van der Waals surface area contributed by atoms with E-state index in [9.17, 15) is 4.79 Å². The molecule has 1 amide bonds. The van der Waals surface area contributed by atoms with Gasteiger partial charge in [0, 0.05) is 12.2 Å². The lowest BCUT2D eigenvalue weighted by Crippen LogP contribution is -2.13. The van der Waals surface area contributed by atoms with Crippen LogP contribution in [0.25, 0.3) is 16.7 Å². The molecule has 0 aliphatic carbocycles. The number of nitrogens with two attached hydrogens (primary N) is 1. The summed E-state index contributed by atoms with van der Waals surface area (Å²) in [4.78, 5) is 15.7. The molecule has 4 aromatic rings. The summed E-state index contributed by atoms with van der Waals surface area (Å²) >= 11 is 0. The number of nitrogens with one attached hydrogen (secondary N) is 2. The van der Waals surface area contributed by atoms with Gasteiger partial charge in [-0.1, -0.05) is 24.3 Å². The standard InChI is InChI=1S/C18H16N6O/c19-17(25)14-10-22-23-18(14)20-9-12-5-7-13(8-6-12)24-11-21-15-3-1-2-4-16(15)24/h1-8,10-11H,9H2,(H2,19,25)(H2,20,22,23). The van der Waals surface area contributed by atoms with E-state index in [2.05, 4.69) is 20.5 Å². The molecule has 4 N–H and O–H groups in total. The molecule has 0 radical (unpaired) electrons. The highest BCUT2D eigenvalue weighted by Crippen LogP contribution is 2.19. The molecule has 7 nitrogen and oxygen atoms in total. The number of imidazole rings is 1. The zero-order chi connectivity index (χ0) is 17.2. The van der Waals surface area contributed by atoms with E-state index >= 15 is 0 Å². The van der Waals surface area contributed by atoms with E-state index in [0.29, 0.717) is 17.9 Å². The summed E-state index contributed by atoms with van der Waals surface area (Å²) in [6, 6.07) is 16.1. The number of hydrogen-bond acceptors (Lipinski definition) is 4. The minimum atomic E-state index is -0.515. The molecule has 0 spiro atoms. The van der Waals surface area contributed by atoms with Gasteiger partial charge in [-0.15, -0.1) is 0 Å². The predicted octanol–water partition coefficient (Wildman–Crippen LogP) is 2.46. The minimum absolute atomic E-state index is 0.349. The van der Waals surface area contributed by atoms with Crippen LogP contribution in [-0.4, -0.2) is 25.7 Å². The van der Waals surface area contributed by atoms with Crippen molar-refractivity contribution in [3.05, 3.63) is 72.2 Å². The first-order valence-corrected chi connectivity index (χ1v) is 7.81. The molecule has 0 saturated carbocycles. The van der Waals surface area contributed by atoms with Crippen molar-refractivity contribution in [3.63, 3.8) is 0 Å². The van der Waals surface area contributed by atoms with Gasteiger partial charge in [-0.05, 0) is 29.8 Å². The Labute approximate surface area is 143 Å². The van der Waals surface area contributed by atoms with Gasteiger partial charge >= 0.3 is 0 Å². The second kappa shape index (κ2) is 6.12. The number of nitrogens with zero attached hydrogens (tertiary/aromatic N) is 3. The van der Waals surface area contributed by atoms with Crippen molar-refractivity contribution in [1.82, 2.24) is 19.7 Å². The fraction of sp³-hybridized carbons (Fsp3) is 0.0556. The molecular formula is C18H16N6O. The summed E-state index contributed by atoms with van der Waals surface area (Å²) in [6.07, 6.45) is 3.24. The molecule has 0 aliphatic rings. The maximum absolute atomic E-state index is 11.3. The van der Waals surface area contributed by atoms with E-state index in [4.69, 9.17) is 5.73 Å². The molecule has 124 valence electrons. The molecule has 2 heterocycles. The summed E-state index contributed by atoms with van der Waals surface area (Å²) < 4.78 is 2.05. The Hall–Kier alpha value is -3.61. The van der Waals surface area contributed by atoms with Crippen molar-refractivity contribution in [3.8, 4) is 5.69 Å². The highest BCUT2D eigenvalue weighted by molar-refractivity contribution is 5.97. The van der Waals surface area contributed by atoms with Crippen molar-refractivity contribution in [2.45, 2.75) is 6.54 Å². The molecule has 0 saturated heterocycles. The summed E-state index contributed by atoms with van der Waals surface area (Å²) in [5.41, 5.74) is 9.79. The fourth-order valence-corrected chi connectivity index (χ4v) is 2.74. The first-order chi connectivity index (χ1) is 12.2. The Morgan fingerprint density at radius 3 is 2.76 bits per heavy atom. The van der Waals surface area contributed by atoms with Crippen molar-refractivity contribution in [2.75, 3.05) is 5.32 Å². The average Bonchev–Trinajstić information content (AvgIpc) is 3.27. The topological polar surface area (TPSA) is 102 Å². The highest BCUT2D eigenvalue weighted by Gasteiger charge is 2.10. The van der Waals surface area contributed by atoms with Gasteiger partial charge in [-0.2, -0.15) is 5.10 Å². The lowest BCUT2D eigenvalue weighted by atomic mass is 10.2. The summed E-state index contributed by atoms with van der Waals surface area (Å²) in [5, 5.41) is 9.71. The molecule has 0 atom stereocenters. The van der Waals surface area contributed by atoms with Gasteiger partial charge in [0.05, 0.1) is 17.2 Å². The van der Waals surface area contributed by atoms with Crippen molar-refractivity contribution in [2.24, 2.45) is 5.73 Å². The number of carbonyl (C=O) groups excluding carboxylic acids is 1. The molecule has 2 aromatic heterocycles. The maximum Gasteiger partial charge on any atom is 0.254 e. The van der Waals surface area contributed by atoms with Crippen LogP contribution in [0.3, 0.4) is 0 Å². The molecule has 7 heteroatoms. The lowest BCUT2D eigenvalue weighted by molar-refractivity contribution is 0.100. The molecule has 0 bridgehead atoms. The normalized spacial score (nSPS) is 10.9. The SMILES string of the molecule is NC(=O)c1cn[nH]c1NCc1ccc(-n2cnc3ccccc32)cc1. The third-order valence-corrected chi connectivity index (χ3v) is 4.04. The first kappa shape index (κ1) is 14.9. The van der Waals surface area contributed by atoms with Gasteiger partial charge < -0.3 is 11.1 Å². The fourth-order valence-electron chi connectivity index (χ4n) is 2.74. The molecule has 25 heavy (non-hydrogen) atoms. The number of primary amides is 1. The molecule has 0 unspecified atom stereocenters. The highest BCUT2D eigenvalue weighted by atomic mass is 16.1. The quantitative estimate of drug-likeness (QED) is 0.522. The van der Waals surface area contributed by atoms with E-state index in [1.807, 2.05) is 59.4 Å². The molecule has 0 fully saturated rings. The maximum atomic E-state index is 11.3. The average molecular weight is 332 g/mol.